The van der Waals surface area contributed by atoms with E-state index in [4.69, 9.17) is 17.3 Å². The fraction of sp³-hybridized carbons (Fsp3) is 0.167. The molecule has 0 aromatic heterocycles. The van der Waals surface area contributed by atoms with E-state index in [1.807, 2.05) is 0 Å². The molecule has 0 unspecified atom stereocenters. The van der Waals surface area contributed by atoms with Crippen molar-refractivity contribution in [3.8, 4) is 12.3 Å². The van der Waals surface area contributed by atoms with Crippen molar-refractivity contribution >= 4 is 17.6 Å². The molecule has 0 aliphatic heterocycles. The van der Waals surface area contributed by atoms with Gasteiger partial charge in [0, 0.05) is 5.69 Å². The summed E-state index contributed by atoms with van der Waals surface area (Å²) in [5, 5.41) is 8.68. The van der Waals surface area contributed by atoms with E-state index >= 15 is 0 Å². The monoisotopic (exact) mass is 232 g/mol. The van der Waals surface area contributed by atoms with Crippen LogP contribution >= 0.6 is 0 Å². The third-order valence-corrected chi connectivity index (χ3v) is 2.09. The van der Waals surface area contributed by atoms with Gasteiger partial charge < -0.3 is 15.7 Å². The van der Waals surface area contributed by atoms with Gasteiger partial charge in [0.1, 0.15) is 6.54 Å². The van der Waals surface area contributed by atoms with Crippen LogP contribution < -0.4 is 5.73 Å². The Morgan fingerprint density at radius 3 is 2.59 bits per heavy atom. The number of nitrogens with two attached hydrogens (primary N) is 1. The first-order chi connectivity index (χ1) is 8.06. The Balaban J connectivity index is 2.96. The summed E-state index contributed by atoms with van der Waals surface area (Å²) in [5.41, 5.74) is 6.19. The SMILES string of the molecule is C#CCN(CC(=O)O)C(=O)c1ccccc1N. The lowest BCUT2D eigenvalue weighted by Gasteiger charge is -2.18. The molecule has 0 atom stereocenters. The molecule has 0 heterocycles. The quantitative estimate of drug-likeness (QED) is 0.582. The molecule has 0 aliphatic carbocycles. The number of para-hydroxylation sites is 1. The van der Waals surface area contributed by atoms with E-state index in [9.17, 15) is 9.59 Å². The highest BCUT2D eigenvalue weighted by Crippen LogP contribution is 2.13. The normalized spacial score (nSPS) is 9.35. The number of carboxylic acid groups (broad SMARTS) is 1. The zero-order valence-electron chi connectivity index (χ0n) is 9.09. The summed E-state index contributed by atoms with van der Waals surface area (Å²) in [6, 6.07) is 6.44. The van der Waals surface area contributed by atoms with Gasteiger partial charge in [-0.1, -0.05) is 18.1 Å². The van der Waals surface area contributed by atoms with E-state index in [0.29, 0.717) is 5.69 Å². The van der Waals surface area contributed by atoms with Gasteiger partial charge in [-0.3, -0.25) is 9.59 Å². The number of hydrogen-bond donors (Lipinski definition) is 2. The van der Waals surface area contributed by atoms with E-state index < -0.39 is 18.4 Å². The minimum atomic E-state index is -1.12. The third-order valence-electron chi connectivity index (χ3n) is 2.09. The van der Waals surface area contributed by atoms with Crippen LogP contribution in [0.25, 0.3) is 0 Å². The summed E-state index contributed by atoms with van der Waals surface area (Å²) < 4.78 is 0. The lowest BCUT2D eigenvalue weighted by Crippen LogP contribution is -2.36. The highest BCUT2D eigenvalue weighted by molar-refractivity contribution is 6.00. The number of carbonyl (C=O) groups is 2. The van der Waals surface area contributed by atoms with Gasteiger partial charge >= 0.3 is 5.97 Å². The molecule has 5 nitrogen and oxygen atoms in total. The second-order valence-corrected chi connectivity index (χ2v) is 3.35. The van der Waals surface area contributed by atoms with Gasteiger partial charge in [0.15, 0.2) is 0 Å². The van der Waals surface area contributed by atoms with Gasteiger partial charge in [-0.15, -0.1) is 6.42 Å². The Hall–Kier alpha value is -2.48. The van der Waals surface area contributed by atoms with Crippen LogP contribution in [-0.4, -0.2) is 35.0 Å². The fourth-order valence-electron chi connectivity index (χ4n) is 1.34. The van der Waals surface area contributed by atoms with E-state index in [1.54, 1.807) is 18.2 Å². The van der Waals surface area contributed by atoms with Crippen molar-refractivity contribution < 1.29 is 14.7 Å². The molecule has 1 rings (SSSR count). The molecular weight excluding hydrogens is 220 g/mol. The summed E-state index contributed by atoms with van der Waals surface area (Å²) in [5.74, 6) is 0.639. The van der Waals surface area contributed by atoms with E-state index in [0.717, 1.165) is 4.90 Å². The number of carbonyl (C=O) groups excluding carboxylic acids is 1. The molecule has 1 aromatic rings. The van der Waals surface area contributed by atoms with Gasteiger partial charge in [-0.05, 0) is 12.1 Å². The number of terminal acetylenes is 1. The molecule has 0 spiro atoms. The lowest BCUT2D eigenvalue weighted by atomic mass is 10.1. The van der Waals surface area contributed by atoms with Crippen molar-refractivity contribution in [1.82, 2.24) is 4.90 Å². The van der Waals surface area contributed by atoms with Crippen LogP contribution in [-0.2, 0) is 4.79 Å². The Bertz CT molecular complexity index is 477. The van der Waals surface area contributed by atoms with Crippen LogP contribution in [0.3, 0.4) is 0 Å². The fourth-order valence-corrected chi connectivity index (χ4v) is 1.34. The average molecular weight is 232 g/mol. The van der Waals surface area contributed by atoms with Gasteiger partial charge in [0.25, 0.3) is 5.91 Å². The van der Waals surface area contributed by atoms with Crippen LogP contribution in [0.5, 0.6) is 0 Å². The van der Waals surface area contributed by atoms with Gasteiger partial charge in [-0.2, -0.15) is 0 Å². The van der Waals surface area contributed by atoms with Crippen LogP contribution in [0.2, 0.25) is 0 Å². The number of rotatable bonds is 4. The summed E-state index contributed by atoms with van der Waals surface area (Å²) in [6.07, 6.45) is 5.09. The number of nitrogens with zero attached hydrogens (tertiary/aromatic N) is 1. The molecule has 3 N–H and O–H groups in total. The number of anilines is 1. The minimum Gasteiger partial charge on any atom is -0.480 e. The molecular formula is C12H12N2O3. The van der Waals surface area contributed by atoms with E-state index in [1.165, 1.54) is 6.07 Å². The molecule has 1 aromatic carbocycles. The second kappa shape index (κ2) is 5.56. The number of hydrogen-bond acceptors (Lipinski definition) is 3. The maximum absolute atomic E-state index is 12.0. The molecule has 5 heteroatoms. The average Bonchev–Trinajstić information content (AvgIpc) is 2.28. The molecule has 88 valence electrons. The van der Waals surface area contributed by atoms with E-state index in [-0.39, 0.29) is 12.1 Å². The number of aliphatic carboxylic acids is 1. The highest BCUT2D eigenvalue weighted by atomic mass is 16.4. The second-order valence-electron chi connectivity index (χ2n) is 3.35. The summed E-state index contributed by atoms with van der Waals surface area (Å²) in [4.78, 5) is 23.6. The molecule has 0 saturated heterocycles. The molecule has 0 fully saturated rings. The van der Waals surface area contributed by atoms with Gasteiger partial charge in [0.2, 0.25) is 0 Å². The van der Waals surface area contributed by atoms with Crippen molar-refractivity contribution in [1.29, 1.82) is 0 Å². The number of benzene rings is 1. The first kappa shape index (κ1) is 12.6. The first-order valence-electron chi connectivity index (χ1n) is 4.85. The maximum Gasteiger partial charge on any atom is 0.323 e. The Kier molecular flexibility index (Phi) is 4.12. The van der Waals surface area contributed by atoms with Crippen LogP contribution in [0.4, 0.5) is 5.69 Å². The smallest absolute Gasteiger partial charge is 0.323 e. The van der Waals surface area contributed by atoms with Gasteiger partial charge in [0.05, 0.1) is 12.1 Å². The molecule has 0 radical (unpaired) electrons. The van der Waals surface area contributed by atoms with Crippen LogP contribution in [0, 0.1) is 12.3 Å². The topological polar surface area (TPSA) is 83.6 Å². The molecule has 0 aliphatic rings. The minimum absolute atomic E-state index is 0.0700. The molecule has 1 amide bonds. The van der Waals surface area contributed by atoms with E-state index in [2.05, 4.69) is 5.92 Å². The zero-order chi connectivity index (χ0) is 12.8. The number of amides is 1. The van der Waals surface area contributed by atoms with Crippen molar-refractivity contribution in [2.75, 3.05) is 18.8 Å². The Morgan fingerprint density at radius 2 is 2.06 bits per heavy atom. The Morgan fingerprint density at radius 1 is 1.41 bits per heavy atom. The molecule has 0 saturated carbocycles. The van der Waals surface area contributed by atoms with Crippen LogP contribution in [0.1, 0.15) is 10.4 Å². The summed E-state index contributed by atoms with van der Waals surface area (Å²) in [7, 11) is 0. The summed E-state index contributed by atoms with van der Waals surface area (Å²) in [6.45, 7) is -0.517. The number of nitrogen functional groups attached to an aromatic ring is 1. The third kappa shape index (κ3) is 3.24. The lowest BCUT2D eigenvalue weighted by molar-refractivity contribution is -0.137. The highest BCUT2D eigenvalue weighted by Gasteiger charge is 2.19. The Labute approximate surface area is 98.8 Å². The van der Waals surface area contributed by atoms with Crippen LogP contribution in [0.15, 0.2) is 24.3 Å². The summed E-state index contributed by atoms with van der Waals surface area (Å²) >= 11 is 0. The number of carboxylic acids is 1. The predicted molar refractivity (Wildman–Crippen MR) is 63.2 cm³/mol. The van der Waals surface area contributed by atoms with Crippen molar-refractivity contribution in [2.24, 2.45) is 0 Å². The first-order valence-corrected chi connectivity index (χ1v) is 4.85. The van der Waals surface area contributed by atoms with Crippen molar-refractivity contribution in [2.45, 2.75) is 0 Å². The van der Waals surface area contributed by atoms with Crippen molar-refractivity contribution in [3.63, 3.8) is 0 Å². The van der Waals surface area contributed by atoms with Gasteiger partial charge in [-0.25, -0.2) is 0 Å². The molecule has 0 bridgehead atoms. The molecule has 17 heavy (non-hydrogen) atoms. The standard InChI is InChI=1S/C12H12N2O3/c1-2-7-14(8-11(15)16)12(17)9-5-3-4-6-10(9)13/h1,3-6H,7-8,13H2,(H,15,16). The zero-order valence-corrected chi connectivity index (χ0v) is 9.09. The van der Waals surface area contributed by atoms with Crippen molar-refractivity contribution in [3.05, 3.63) is 29.8 Å². The largest absolute Gasteiger partial charge is 0.480 e. The predicted octanol–water partition coefficient (Wildman–Crippen LogP) is 0.429. The maximum atomic E-state index is 12.0.